The van der Waals surface area contributed by atoms with Gasteiger partial charge in [-0.2, -0.15) is 5.10 Å². The van der Waals surface area contributed by atoms with Gasteiger partial charge < -0.3 is 11.1 Å². The van der Waals surface area contributed by atoms with Crippen molar-refractivity contribution in [1.82, 2.24) is 15.2 Å². The van der Waals surface area contributed by atoms with E-state index in [4.69, 9.17) is 5.73 Å². The fourth-order valence-corrected chi connectivity index (χ4v) is 1.70. The van der Waals surface area contributed by atoms with Crippen LogP contribution in [0.15, 0.2) is 24.7 Å². The maximum absolute atomic E-state index is 5.78. The Labute approximate surface area is 100 Å². The lowest BCUT2D eigenvalue weighted by Crippen LogP contribution is -2.05. The molecule has 0 radical (unpaired) electrons. The van der Waals surface area contributed by atoms with E-state index < -0.39 is 0 Å². The SMILES string of the molecule is Cc1[nH]ncc1CCCNc1ccncc1N. The van der Waals surface area contributed by atoms with E-state index in [0.29, 0.717) is 5.69 Å². The van der Waals surface area contributed by atoms with Crippen LogP contribution in [0, 0.1) is 6.92 Å². The fraction of sp³-hybridized carbons (Fsp3) is 0.333. The van der Waals surface area contributed by atoms with Crippen molar-refractivity contribution in [1.29, 1.82) is 0 Å². The second-order valence-corrected chi connectivity index (χ2v) is 4.01. The van der Waals surface area contributed by atoms with Crippen molar-refractivity contribution >= 4 is 11.4 Å². The van der Waals surface area contributed by atoms with Crippen molar-refractivity contribution in [3.05, 3.63) is 35.9 Å². The van der Waals surface area contributed by atoms with Gasteiger partial charge in [-0.15, -0.1) is 0 Å². The van der Waals surface area contributed by atoms with Gasteiger partial charge in [0, 0.05) is 18.4 Å². The molecular weight excluding hydrogens is 214 g/mol. The first kappa shape index (κ1) is 11.4. The van der Waals surface area contributed by atoms with Crippen LogP contribution in [0.25, 0.3) is 0 Å². The van der Waals surface area contributed by atoms with Crippen LogP contribution in [0.2, 0.25) is 0 Å². The maximum Gasteiger partial charge on any atom is 0.0736 e. The topological polar surface area (TPSA) is 79.6 Å². The quantitative estimate of drug-likeness (QED) is 0.685. The van der Waals surface area contributed by atoms with Gasteiger partial charge >= 0.3 is 0 Å². The summed E-state index contributed by atoms with van der Waals surface area (Å²) < 4.78 is 0. The summed E-state index contributed by atoms with van der Waals surface area (Å²) in [6, 6.07) is 1.89. The summed E-state index contributed by atoms with van der Waals surface area (Å²) in [5.74, 6) is 0. The molecule has 2 aromatic heterocycles. The lowest BCUT2D eigenvalue weighted by molar-refractivity contribution is 0.857. The molecule has 0 unspecified atom stereocenters. The third-order valence-corrected chi connectivity index (χ3v) is 2.72. The zero-order valence-corrected chi connectivity index (χ0v) is 9.90. The molecule has 0 atom stereocenters. The van der Waals surface area contributed by atoms with Gasteiger partial charge in [-0.3, -0.25) is 10.1 Å². The number of pyridine rings is 1. The monoisotopic (exact) mass is 231 g/mol. The third-order valence-electron chi connectivity index (χ3n) is 2.72. The number of hydrogen-bond donors (Lipinski definition) is 3. The zero-order valence-electron chi connectivity index (χ0n) is 9.90. The smallest absolute Gasteiger partial charge is 0.0736 e. The molecule has 0 bridgehead atoms. The van der Waals surface area contributed by atoms with E-state index in [1.807, 2.05) is 19.2 Å². The largest absolute Gasteiger partial charge is 0.396 e. The van der Waals surface area contributed by atoms with Gasteiger partial charge in [-0.1, -0.05) is 0 Å². The molecule has 0 aliphatic heterocycles. The number of aromatic amines is 1. The summed E-state index contributed by atoms with van der Waals surface area (Å²) in [5, 5.41) is 10.2. The summed E-state index contributed by atoms with van der Waals surface area (Å²) in [6.45, 7) is 2.93. The van der Waals surface area contributed by atoms with Crippen LogP contribution in [0.1, 0.15) is 17.7 Å². The standard InChI is InChI=1S/C12H17N5/c1-9-10(7-16-17-9)3-2-5-15-12-4-6-14-8-11(12)13/h4,6-8H,2-3,5,13H2,1H3,(H,14,15)(H,16,17). The Morgan fingerprint density at radius 3 is 3.00 bits per heavy atom. The Hall–Kier alpha value is -2.04. The molecule has 0 fully saturated rings. The van der Waals surface area contributed by atoms with Crippen molar-refractivity contribution in [2.75, 3.05) is 17.6 Å². The fourth-order valence-electron chi connectivity index (χ4n) is 1.70. The molecule has 2 heterocycles. The van der Waals surface area contributed by atoms with Crippen molar-refractivity contribution in [3.63, 3.8) is 0 Å². The number of nitrogens with one attached hydrogen (secondary N) is 2. The molecule has 0 saturated heterocycles. The van der Waals surface area contributed by atoms with E-state index in [2.05, 4.69) is 20.5 Å². The van der Waals surface area contributed by atoms with Crippen LogP contribution in [-0.2, 0) is 6.42 Å². The van der Waals surface area contributed by atoms with Crippen LogP contribution in [0.5, 0.6) is 0 Å². The molecule has 17 heavy (non-hydrogen) atoms. The molecule has 0 aliphatic rings. The van der Waals surface area contributed by atoms with Gasteiger partial charge in [-0.05, 0) is 31.4 Å². The summed E-state index contributed by atoms with van der Waals surface area (Å²) in [5.41, 5.74) is 9.84. The Bertz CT molecular complexity index is 477. The minimum absolute atomic E-state index is 0.687. The van der Waals surface area contributed by atoms with Gasteiger partial charge in [-0.25, -0.2) is 0 Å². The van der Waals surface area contributed by atoms with E-state index in [1.165, 1.54) is 5.56 Å². The molecule has 5 heteroatoms. The Kier molecular flexibility index (Phi) is 3.59. The number of aromatic nitrogens is 3. The van der Waals surface area contributed by atoms with Crippen molar-refractivity contribution < 1.29 is 0 Å². The van der Waals surface area contributed by atoms with Crippen LogP contribution < -0.4 is 11.1 Å². The van der Waals surface area contributed by atoms with E-state index in [0.717, 1.165) is 30.8 Å². The van der Waals surface area contributed by atoms with Gasteiger partial charge in [0.1, 0.15) is 0 Å². The lowest BCUT2D eigenvalue weighted by Gasteiger charge is -2.08. The van der Waals surface area contributed by atoms with Crippen molar-refractivity contribution in [3.8, 4) is 0 Å². The highest BCUT2D eigenvalue weighted by Gasteiger charge is 2.00. The summed E-state index contributed by atoms with van der Waals surface area (Å²) in [6.07, 6.45) is 7.33. The van der Waals surface area contributed by atoms with Crippen molar-refractivity contribution in [2.24, 2.45) is 0 Å². The maximum atomic E-state index is 5.78. The molecule has 0 saturated carbocycles. The molecule has 4 N–H and O–H groups in total. The molecule has 2 aromatic rings. The van der Waals surface area contributed by atoms with Gasteiger partial charge in [0.25, 0.3) is 0 Å². The number of nitrogens with two attached hydrogens (primary N) is 1. The highest BCUT2D eigenvalue weighted by molar-refractivity contribution is 5.64. The van der Waals surface area contributed by atoms with Crippen molar-refractivity contribution in [2.45, 2.75) is 19.8 Å². The molecule has 90 valence electrons. The van der Waals surface area contributed by atoms with Crippen LogP contribution in [0.3, 0.4) is 0 Å². The second-order valence-electron chi connectivity index (χ2n) is 4.01. The Balaban J connectivity index is 1.77. The predicted octanol–water partition coefficient (Wildman–Crippen LogP) is 1.74. The van der Waals surface area contributed by atoms with E-state index in [1.54, 1.807) is 12.4 Å². The average Bonchev–Trinajstić information content (AvgIpc) is 2.73. The normalized spacial score (nSPS) is 10.4. The third kappa shape index (κ3) is 2.96. The van der Waals surface area contributed by atoms with Gasteiger partial charge in [0.2, 0.25) is 0 Å². The first-order chi connectivity index (χ1) is 8.27. The first-order valence-corrected chi connectivity index (χ1v) is 5.69. The highest BCUT2D eigenvalue weighted by atomic mass is 15.1. The minimum atomic E-state index is 0.687. The second kappa shape index (κ2) is 5.34. The average molecular weight is 231 g/mol. The summed E-state index contributed by atoms with van der Waals surface area (Å²) in [7, 11) is 0. The molecular formula is C12H17N5. The number of hydrogen-bond acceptors (Lipinski definition) is 4. The van der Waals surface area contributed by atoms with Crippen LogP contribution in [-0.4, -0.2) is 21.7 Å². The van der Waals surface area contributed by atoms with E-state index in [9.17, 15) is 0 Å². The molecule has 2 rings (SSSR count). The molecule has 0 amide bonds. The summed E-state index contributed by atoms with van der Waals surface area (Å²) >= 11 is 0. The molecule has 5 nitrogen and oxygen atoms in total. The molecule has 0 spiro atoms. The number of nitrogens with zero attached hydrogens (tertiary/aromatic N) is 2. The number of H-pyrrole nitrogens is 1. The molecule has 0 aliphatic carbocycles. The number of nitrogen functional groups attached to an aromatic ring is 1. The molecule has 0 aromatic carbocycles. The number of aryl methyl sites for hydroxylation is 2. The van der Waals surface area contributed by atoms with Crippen LogP contribution >= 0.6 is 0 Å². The van der Waals surface area contributed by atoms with Crippen LogP contribution in [0.4, 0.5) is 11.4 Å². The Morgan fingerprint density at radius 1 is 1.41 bits per heavy atom. The Morgan fingerprint density at radius 2 is 2.29 bits per heavy atom. The van der Waals surface area contributed by atoms with E-state index >= 15 is 0 Å². The van der Waals surface area contributed by atoms with E-state index in [-0.39, 0.29) is 0 Å². The number of anilines is 2. The zero-order chi connectivity index (χ0) is 12.1. The lowest BCUT2D eigenvalue weighted by atomic mass is 10.1. The number of rotatable bonds is 5. The first-order valence-electron chi connectivity index (χ1n) is 5.69. The highest BCUT2D eigenvalue weighted by Crippen LogP contribution is 2.15. The minimum Gasteiger partial charge on any atom is -0.396 e. The van der Waals surface area contributed by atoms with Gasteiger partial charge in [0.05, 0.1) is 23.8 Å². The summed E-state index contributed by atoms with van der Waals surface area (Å²) in [4.78, 5) is 3.95. The van der Waals surface area contributed by atoms with Gasteiger partial charge in [0.15, 0.2) is 0 Å². The predicted molar refractivity (Wildman–Crippen MR) is 68.8 cm³/mol.